The van der Waals surface area contributed by atoms with Crippen LogP contribution >= 0.6 is 11.3 Å². The normalized spacial score (nSPS) is 18.6. The Labute approximate surface area is 226 Å². The van der Waals surface area contributed by atoms with Crippen molar-refractivity contribution in [2.45, 2.75) is 57.8 Å². The van der Waals surface area contributed by atoms with E-state index < -0.39 is 18.2 Å². The molecule has 1 saturated heterocycles. The van der Waals surface area contributed by atoms with Crippen molar-refractivity contribution in [1.82, 2.24) is 9.88 Å². The fraction of sp³-hybridized carbons (Fsp3) is 0.448. The monoisotopic (exact) mass is 535 g/mol. The van der Waals surface area contributed by atoms with E-state index in [1.807, 2.05) is 24.3 Å². The zero-order valence-electron chi connectivity index (χ0n) is 22.0. The number of methoxy groups -OCH3 is 2. The van der Waals surface area contributed by atoms with Gasteiger partial charge in [0.2, 0.25) is 11.8 Å². The Morgan fingerprint density at radius 1 is 1.08 bits per heavy atom. The van der Waals surface area contributed by atoms with Gasteiger partial charge in [-0.05, 0) is 61.7 Å². The summed E-state index contributed by atoms with van der Waals surface area (Å²) in [6.45, 7) is 2.15. The van der Waals surface area contributed by atoms with Gasteiger partial charge in [0, 0.05) is 25.7 Å². The van der Waals surface area contributed by atoms with Crippen molar-refractivity contribution < 1.29 is 23.9 Å². The van der Waals surface area contributed by atoms with Crippen molar-refractivity contribution in [3.05, 3.63) is 48.0 Å². The minimum absolute atomic E-state index is 0.0591. The first-order valence-electron chi connectivity index (χ1n) is 13.1. The number of hydrogen-bond donors (Lipinski definition) is 0. The molecule has 9 heteroatoms. The zero-order chi connectivity index (χ0) is 26.8. The SMILES string of the molecule is COC(CN(C(=O)C1CCCCC1)C1CC(=O)N(c2ccc(-c3nc4ccc(C)cc4s3)cc2)C1=O)OC. The molecule has 3 aromatic rings. The van der Waals surface area contributed by atoms with Crippen LogP contribution in [-0.4, -0.2) is 60.7 Å². The molecule has 2 fully saturated rings. The molecule has 0 N–H and O–H groups in total. The van der Waals surface area contributed by atoms with Gasteiger partial charge >= 0.3 is 0 Å². The van der Waals surface area contributed by atoms with Crippen LogP contribution in [0.4, 0.5) is 5.69 Å². The summed E-state index contributed by atoms with van der Waals surface area (Å²) in [7, 11) is 3.00. The number of aryl methyl sites for hydroxylation is 1. The Bertz CT molecular complexity index is 1330. The van der Waals surface area contributed by atoms with Gasteiger partial charge in [0.25, 0.3) is 5.91 Å². The molecule has 38 heavy (non-hydrogen) atoms. The lowest BCUT2D eigenvalue weighted by Gasteiger charge is -2.34. The summed E-state index contributed by atoms with van der Waals surface area (Å²) in [5.74, 6) is -0.963. The molecule has 5 rings (SSSR count). The fourth-order valence-electron chi connectivity index (χ4n) is 5.40. The lowest BCUT2D eigenvalue weighted by atomic mass is 9.88. The second kappa shape index (κ2) is 11.3. The molecular weight excluding hydrogens is 502 g/mol. The minimum atomic E-state index is -0.878. The Morgan fingerprint density at radius 2 is 1.79 bits per heavy atom. The lowest BCUT2D eigenvalue weighted by Crippen LogP contribution is -2.51. The molecular formula is C29H33N3O5S. The van der Waals surface area contributed by atoms with Crippen molar-refractivity contribution in [3.63, 3.8) is 0 Å². The van der Waals surface area contributed by atoms with Crippen molar-refractivity contribution in [2.75, 3.05) is 25.7 Å². The predicted molar refractivity (Wildman–Crippen MR) is 147 cm³/mol. The van der Waals surface area contributed by atoms with Gasteiger partial charge in [-0.3, -0.25) is 14.4 Å². The maximum absolute atomic E-state index is 13.6. The molecule has 1 atom stereocenters. The molecule has 2 aliphatic rings. The Hall–Kier alpha value is -3.14. The van der Waals surface area contributed by atoms with E-state index in [1.54, 1.807) is 23.5 Å². The number of carbonyl (C=O) groups excluding carboxylic acids is 3. The van der Waals surface area contributed by atoms with Gasteiger partial charge < -0.3 is 14.4 Å². The molecule has 0 spiro atoms. The highest BCUT2D eigenvalue weighted by molar-refractivity contribution is 7.21. The average Bonchev–Trinajstić information content (AvgIpc) is 3.49. The summed E-state index contributed by atoms with van der Waals surface area (Å²) in [6.07, 6.45) is 3.95. The molecule has 1 saturated carbocycles. The van der Waals surface area contributed by atoms with Gasteiger partial charge in [-0.25, -0.2) is 9.88 Å². The highest BCUT2D eigenvalue weighted by Gasteiger charge is 2.46. The van der Waals surface area contributed by atoms with Crippen LogP contribution in [-0.2, 0) is 23.9 Å². The van der Waals surface area contributed by atoms with E-state index in [1.165, 1.54) is 29.6 Å². The highest BCUT2D eigenvalue weighted by Crippen LogP contribution is 2.34. The van der Waals surface area contributed by atoms with Crippen LogP contribution in [0.3, 0.4) is 0 Å². The van der Waals surface area contributed by atoms with E-state index in [9.17, 15) is 14.4 Å². The van der Waals surface area contributed by atoms with E-state index in [-0.39, 0.29) is 30.7 Å². The predicted octanol–water partition coefficient (Wildman–Crippen LogP) is 4.93. The van der Waals surface area contributed by atoms with Gasteiger partial charge in [-0.15, -0.1) is 11.3 Å². The van der Waals surface area contributed by atoms with Crippen LogP contribution in [0.2, 0.25) is 0 Å². The summed E-state index contributed by atoms with van der Waals surface area (Å²) in [4.78, 5) is 47.8. The number of rotatable bonds is 8. The van der Waals surface area contributed by atoms with Gasteiger partial charge in [0.1, 0.15) is 11.0 Å². The smallest absolute Gasteiger partial charge is 0.257 e. The number of ether oxygens (including phenoxy) is 2. The van der Waals surface area contributed by atoms with Crippen LogP contribution in [0.15, 0.2) is 42.5 Å². The van der Waals surface area contributed by atoms with Crippen LogP contribution in [0.25, 0.3) is 20.8 Å². The van der Waals surface area contributed by atoms with Crippen molar-refractivity contribution in [1.29, 1.82) is 0 Å². The van der Waals surface area contributed by atoms with Gasteiger partial charge in [-0.1, -0.05) is 25.3 Å². The Kier molecular flexibility index (Phi) is 7.88. The topological polar surface area (TPSA) is 89.0 Å². The summed E-state index contributed by atoms with van der Waals surface area (Å²) in [6, 6.07) is 12.6. The average molecular weight is 536 g/mol. The van der Waals surface area contributed by atoms with Gasteiger partial charge in [0.15, 0.2) is 6.29 Å². The van der Waals surface area contributed by atoms with Crippen molar-refractivity contribution in [2.24, 2.45) is 5.92 Å². The number of aromatic nitrogens is 1. The summed E-state index contributed by atoms with van der Waals surface area (Å²) < 4.78 is 11.8. The third-order valence-electron chi connectivity index (χ3n) is 7.52. The molecule has 1 unspecified atom stereocenters. The van der Waals surface area contributed by atoms with Gasteiger partial charge in [-0.2, -0.15) is 0 Å². The van der Waals surface area contributed by atoms with Gasteiger partial charge in [0.05, 0.1) is 28.9 Å². The quantitative estimate of drug-likeness (QED) is 0.300. The van der Waals surface area contributed by atoms with Crippen molar-refractivity contribution >= 4 is 45.0 Å². The molecule has 0 radical (unpaired) electrons. The number of thiazole rings is 1. The first kappa shape index (κ1) is 26.5. The first-order valence-corrected chi connectivity index (χ1v) is 13.9. The van der Waals surface area contributed by atoms with E-state index in [0.717, 1.165) is 52.9 Å². The number of amides is 3. The lowest BCUT2D eigenvalue weighted by molar-refractivity contribution is -0.156. The summed E-state index contributed by atoms with van der Waals surface area (Å²) >= 11 is 1.61. The number of anilines is 1. The number of carbonyl (C=O) groups is 3. The number of nitrogens with zero attached hydrogens (tertiary/aromatic N) is 3. The Balaban J connectivity index is 1.38. The molecule has 1 aliphatic heterocycles. The summed E-state index contributed by atoms with van der Waals surface area (Å²) in [5.41, 5.74) is 3.53. The molecule has 1 aromatic heterocycles. The molecule has 2 aromatic carbocycles. The second-order valence-corrected chi connectivity index (χ2v) is 11.1. The van der Waals surface area contributed by atoms with Crippen LogP contribution in [0, 0.1) is 12.8 Å². The number of benzene rings is 2. The minimum Gasteiger partial charge on any atom is -0.354 e. The largest absolute Gasteiger partial charge is 0.354 e. The summed E-state index contributed by atoms with van der Waals surface area (Å²) in [5, 5.41) is 0.878. The van der Waals surface area contributed by atoms with E-state index >= 15 is 0 Å². The molecule has 200 valence electrons. The standard InChI is InChI=1S/C29H33N3O5S/c1-18-9-14-22-24(15-18)38-27(30-22)19-10-12-21(13-11-19)32-25(33)16-23(29(32)35)31(17-26(36-2)37-3)28(34)20-7-5-4-6-8-20/h9-15,20,23,26H,4-8,16-17H2,1-3H3. The number of hydrogen-bond acceptors (Lipinski definition) is 7. The maximum atomic E-state index is 13.6. The molecule has 1 aliphatic carbocycles. The fourth-order valence-corrected chi connectivity index (χ4v) is 6.47. The molecule has 3 amide bonds. The molecule has 8 nitrogen and oxygen atoms in total. The molecule has 2 heterocycles. The first-order chi connectivity index (χ1) is 18.4. The third kappa shape index (κ3) is 5.23. The number of fused-ring (bicyclic) bond motifs is 1. The third-order valence-corrected chi connectivity index (χ3v) is 8.59. The van der Waals surface area contributed by atoms with Crippen molar-refractivity contribution in [3.8, 4) is 10.6 Å². The maximum Gasteiger partial charge on any atom is 0.257 e. The highest BCUT2D eigenvalue weighted by atomic mass is 32.1. The second-order valence-electron chi connectivity index (χ2n) is 10.1. The van der Waals surface area contributed by atoms with Crippen LogP contribution in [0.5, 0.6) is 0 Å². The van der Waals surface area contributed by atoms with E-state index in [0.29, 0.717) is 5.69 Å². The van der Waals surface area contributed by atoms with E-state index in [4.69, 9.17) is 14.5 Å². The number of imide groups is 1. The van der Waals surface area contributed by atoms with Crippen LogP contribution in [0.1, 0.15) is 44.1 Å². The van der Waals surface area contributed by atoms with Crippen LogP contribution < -0.4 is 4.90 Å². The zero-order valence-corrected chi connectivity index (χ0v) is 22.8. The van der Waals surface area contributed by atoms with E-state index in [2.05, 4.69) is 13.0 Å². The Morgan fingerprint density at radius 3 is 2.47 bits per heavy atom. The molecule has 0 bridgehead atoms.